The van der Waals surface area contributed by atoms with Gasteiger partial charge < -0.3 is 5.32 Å². The maximum Gasteiger partial charge on any atom is 0.0701 e. The van der Waals surface area contributed by atoms with Crippen molar-refractivity contribution in [1.29, 1.82) is 0 Å². The van der Waals surface area contributed by atoms with E-state index in [-0.39, 0.29) is 6.04 Å². The van der Waals surface area contributed by atoms with Gasteiger partial charge in [0.2, 0.25) is 0 Å². The van der Waals surface area contributed by atoms with Crippen LogP contribution in [0, 0.1) is 0 Å². The molecule has 0 fully saturated rings. The van der Waals surface area contributed by atoms with Gasteiger partial charge in [-0.2, -0.15) is 0 Å². The lowest BCUT2D eigenvalue weighted by atomic mass is 10.0. The molecule has 1 aliphatic rings. The van der Waals surface area contributed by atoms with Crippen molar-refractivity contribution in [2.45, 2.75) is 6.04 Å². The molecule has 1 aliphatic heterocycles. The standard InChI is InChI=1S/C15H13N/c1-2-6-12(7-3-1)15-11-10-13-8-4-5-9-14(13)16-15/h1-11,15-16H. The molecular weight excluding hydrogens is 194 g/mol. The fourth-order valence-corrected chi connectivity index (χ4v) is 2.04. The summed E-state index contributed by atoms with van der Waals surface area (Å²) < 4.78 is 0. The molecule has 1 atom stereocenters. The largest absolute Gasteiger partial charge is 0.374 e. The normalized spacial score (nSPS) is 17.6. The molecule has 16 heavy (non-hydrogen) atoms. The Labute approximate surface area is 95.4 Å². The van der Waals surface area contributed by atoms with Crippen LogP contribution >= 0.6 is 0 Å². The number of rotatable bonds is 1. The Morgan fingerprint density at radius 2 is 1.56 bits per heavy atom. The number of nitrogens with one attached hydrogen (secondary N) is 1. The van der Waals surface area contributed by atoms with Crippen molar-refractivity contribution in [3.05, 3.63) is 71.8 Å². The number of benzene rings is 2. The van der Waals surface area contributed by atoms with Gasteiger partial charge in [0.1, 0.15) is 0 Å². The Hall–Kier alpha value is -2.02. The van der Waals surface area contributed by atoms with Gasteiger partial charge in [-0.15, -0.1) is 0 Å². The molecule has 0 amide bonds. The molecule has 0 aliphatic carbocycles. The third-order valence-corrected chi connectivity index (χ3v) is 2.90. The van der Waals surface area contributed by atoms with E-state index in [1.165, 1.54) is 16.8 Å². The second-order valence-electron chi connectivity index (χ2n) is 3.98. The fourth-order valence-electron chi connectivity index (χ4n) is 2.04. The Morgan fingerprint density at radius 3 is 2.44 bits per heavy atom. The van der Waals surface area contributed by atoms with Crippen LogP contribution in [0.5, 0.6) is 0 Å². The second kappa shape index (κ2) is 3.86. The Morgan fingerprint density at radius 1 is 0.812 bits per heavy atom. The molecular formula is C15H13N. The summed E-state index contributed by atoms with van der Waals surface area (Å²) >= 11 is 0. The molecule has 1 heteroatoms. The summed E-state index contributed by atoms with van der Waals surface area (Å²) in [5.41, 5.74) is 3.77. The maximum atomic E-state index is 3.53. The predicted molar refractivity (Wildman–Crippen MR) is 68.3 cm³/mol. The van der Waals surface area contributed by atoms with Gasteiger partial charge in [0, 0.05) is 5.69 Å². The minimum Gasteiger partial charge on any atom is -0.374 e. The van der Waals surface area contributed by atoms with Crippen molar-refractivity contribution >= 4 is 11.8 Å². The number of para-hydroxylation sites is 1. The number of fused-ring (bicyclic) bond motifs is 1. The second-order valence-corrected chi connectivity index (χ2v) is 3.98. The molecule has 1 unspecified atom stereocenters. The van der Waals surface area contributed by atoms with E-state index in [4.69, 9.17) is 0 Å². The molecule has 1 nitrogen and oxygen atoms in total. The van der Waals surface area contributed by atoms with Crippen molar-refractivity contribution in [1.82, 2.24) is 0 Å². The zero-order valence-corrected chi connectivity index (χ0v) is 8.93. The molecule has 0 radical (unpaired) electrons. The molecule has 2 aromatic rings. The lowest BCUT2D eigenvalue weighted by Crippen LogP contribution is -2.11. The van der Waals surface area contributed by atoms with Crippen LogP contribution < -0.4 is 5.32 Å². The molecule has 0 saturated carbocycles. The summed E-state index contributed by atoms with van der Waals surface area (Å²) in [5.74, 6) is 0. The highest BCUT2D eigenvalue weighted by Gasteiger charge is 2.12. The molecule has 0 aromatic heterocycles. The van der Waals surface area contributed by atoms with E-state index in [2.05, 4.69) is 66.0 Å². The molecule has 0 bridgehead atoms. The van der Waals surface area contributed by atoms with Crippen LogP contribution in [-0.2, 0) is 0 Å². The average molecular weight is 207 g/mol. The number of hydrogen-bond acceptors (Lipinski definition) is 1. The van der Waals surface area contributed by atoms with Crippen LogP contribution in [0.25, 0.3) is 6.08 Å². The van der Waals surface area contributed by atoms with E-state index in [1.54, 1.807) is 0 Å². The molecule has 0 spiro atoms. The van der Waals surface area contributed by atoms with Gasteiger partial charge in [-0.25, -0.2) is 0 Å². The zero-order chi connectivity index (χ0) is 10.8. The summed E-state index contributed by atoms with van der Waals surface area (Å²) in [6.07, 6.45) is 4.39. The quantitative estimate of drug-likeness (QED) is 0.748. The molecule has 1 heterocycles. The Kier molecular flexibility index (Phi) is 2.22. The van der Waals surface area contributed by atoms with Gasteiger partial charge in [0.15, 0.2) is 0 Å². The van der Waals surface area contributed by atoms with Crippen LogP contribution in [0.15, 0.2) is 60.7 Å². The van der Waals surface area contributed by atoms with Crippen molar-refractivity contribution in [3.63, 3.8) is 0 Å². The van der Waals surface area contributed by atoms with Gasteiger partial charge in [0.25, 0.3) is 0 Å². The molecule has 0 saturated heterocycles. The minimum absolute atomic E-state index is 0.288. The first-order valence-electron chi connectivity index (χ1n) is 5.52. The SMILES string of the molecule is C1=CC(c2ccccc2)Nc2ccccc21. The monoisotopic (exact) mass is 207 g/mol. The predicted octanol–water partition coefficient (Wildman–Crippen LogP) is 3.87. The lowest BCUT2D eigenvalue weighted by Gasteiger charge is -2.22. The van der Waals surface area contributed by atoms with Crippen molar-refractivity contribution in [2.75, 3.05) is 5.32 Å². The summed E-state index contributed by atoms with van der Waals surface area (Å²) in [5, 5.41) is 3.53. The van der Waals surface area contributed by atoms with Crippen molar-refractivity contribution in [2.24, 2.45) is 0 Å². The van der Waals surface area contributed by atoms with Gasteiger partial charge in [0.05, 0.1) is 6.04 Å². The summed E-state index contributed by atoms with van der Waals surface area (Å²) in [6.45, 7) is 0. The first-order chi connectivity index (χ1) is 7.93. The summed E-state index contributed by atoms with van der Waals surface area (Å²) in [6, 6.07) is 19.2. The molecule has 1 N–H and O–H groups in total. The maximum absolute atomic E-state index is 3.53. The van der Waals surface area contributed by atoms with Crippen molar-refractivity contribution in [3.8, 4) is 0 Å². The van der Waals surface area contributed by atoms with E-state index < -0.39 is 0 Å². The van der Waals surface area contributed by atoms with Crippen LogP contribution in [0.3, 0.4) is 0 Å². The van der Waals surface area contributed by atoms with Gasteiger partial charge in [-0.05, 0) is 17.2 Å². The van der Waals surface area contributed by atoms with Gasteiger partial charge in [-0.3, -0.25) is 0 Å². The number of anilines is 1. The topological polar surface area (TPSA) is 12.0 Å². The fraction of sp³-hybridized carbons (Fsp3) is 0.0667. The van der Waals surface area contributed by atoms with Gasteiger partial charge >= 0.3 is 0 Å². The van der Waals surface area contributed by atoms with E-state index in [1.807, 2.05) is 6.07 Å². The molecule has 78 valence electrons. The highest BCUT2D eigenvalue weighted by molar-refractivity contribution is 5.71. The van der Waals surface area contributed by atoms with Crippen LogP contribution in [-0.4, -0.2) is 0 Å². The van der Waals surface area contributed by atoms with Crippen LogP contribution in [0.2, 0.25) is 0 Å². The van der Waals surface area contributed by atoms with Crippen molar-refractivity contribution < 1.29 is 0 Å². The first-order valence-corrected chi connectivity index (χ1v) is 5.52. The van der Waals surface area contributed by atoms with E-state index in [9.17, 15) is 0 Å². The number of hydrogen-bond donors (Lipinski definition) is 1. The first kappa shape index (κ1) is 9.22. The molecule has 3 rings (SSSR count). The Bertz CT molecular complexity index is 514. The zero-order valence-electron chi connectivity index (χ0n) is 8.93. The highest BCUT2D eigenvalue weighted by atomic mass is 14.9. The van der Waals surface area contributed by atoms with Crippen LogP contribution in [0.4, 0.5) is 5.69 Å². The average Bonchev–Trinajstić information content (AvgIpc) is 2.39. The van der Waals surface area contributed by atoms with E-state index >= 15 is 0 Å². The van der Waals surface area contributed by atoms with E-state index in [0.29, 0.717) is 0 Å². The minimum atomic E-state index is 0.288. The van der Waals surface area contributed by atoms with Crippen LogP contribution in [0.1, 0.15) is 17.2 Å². The Balaban J connectivity index is 1.95. The third-order valence-electron chi connectivity index (χ3n) is 2.90. The van der Waals surface area contributed by atoms with E-state index in [0.717, 1.165) is 0 Å². The lowest BCUT2D eigenvalue weighted by molar-refractivity contribution is 0.979. The summed E-state index contributed by atoms with van der Waals surface area (Å²) in [4.78, 5) is 0. The smallest absolute Gasteiger partial charge is 0.0701 e. The summed E-state index contributed by atoms with van der Waals surface area (Å²) in [7, 11) is 0. The van der Waals surface area contributed by atoms with Gasteiger partial charge in [-0.1, -0.05) is 60.7 Å². The highest BCUT2D eigenvalue weighted by Crippen LogP contribution is 2.29. The third kappa shape index (κ3) is 1.61. The molecule has 2 aromatic carbocycles.